The largest absolute Gasteiger partial charge is 0.497 e. The highest BCUT2D eigenvalue weighted by Crippen LogP contribution is 2.39. The van der Waals surface area contributed by atoms with Gasteiger partial charge in [-0.3, -0.25) is 0 Å². The molecule has 0 bridgehead atoms. The first-order valence-electron chi connectivity index (χ1n) is 8.48. The molecule has 144 valence electrons. The summed E-state index contributed by atoms with van der Waals surface area (Å²) < 4.78 is 5.21. The van der Waals surface area contributed by atoms with Crippen LogP contribution in [0.3, 0.4) is 0 Å². The maximum atomic E-state index is 6.31. The standard InChI is InChI=1S/C21H20Cl2N4O/c1-12-9-13(19-16(22)7-4-8-17(19)23)10-18(24)20(12)27-21(25)26-14-5-3-6-15(11-14)28-2/h3-11H,24H2,1-2H3,(H3,25,26,27). The van der Waals surface area contributed by atoms with Crippen molar-refractivity contribution in [2.45, 2.75) is 6.92 Å². The topological polar surface area (TPSA) is 85.7 Å². The number of hydrogen-bond donors (Lipinski definition) is 3. The number of nitrogen functional groups attached to an aromatic ring is 1. The number of anilines is 2. The fraction of sp³-hybridized carbons (Fsp3) is 0.0952. The number of nitrogens with two attached hydrogens (primary N) is 2. The molecule has 0 aliphatic carbocycles. The lowest BCUT2D eigenvalue weighted by atomic mass is 10.0. The molecule has 0 atom stereocenters. The number of benzene rings is 3. The van der Waals surface area contributed by atoms with E-state index in [9.17, 15) is 0 Å². The van der Waals surface area contributed by atoms with Gasteiger partial charge in [0.05, 0.1) is 18.5 Å². The van der Waals surface area contributed by atoms with Crippen molar-refractivity contribution in [2.24, 2.45) is 10.7 Å². The molecular weight excluding hydrogens is 395 g/mol. The lowest BCUT2D eigenvalue weighted by molar-refractivity contribution is 0.415. The Morgan fingerprint density at radius 1 is 1.04 bits per heavy atom. The highest BCUT2D eigenvalue weighted by atomic mass is 35.5. The van der Waals surface area contributed by atoms with Gasteiger partial charge in [-0.2, -0.15) is 0 Å². The maximum absolute atomic E-state index is 6.31. The number of halogens is 2. The number of rotatable bonds is 4. The molecule has 0 saturated carbocycles. The van der Waals surface area contributed by atoms with Gasteiger partial charge in [0, 0.05) is 27.4 Å². The van der Waals surface area contributed by atoms with E-state index < -0.39 is 0 Å². The smallest absolute Gasteiger partial charge is 0.198 e. The van der Waals surface area contributed by atoms with E-state index in [4.69, 9.17) is 39.4 Å². The van der Waals surface area contributed by atoms with Crippen LogP contribution in [0.4, 0.5) is 17.1 Å². The van der Waals surface area contributed by atoms with E-state index in [-0.39, 0.29) is 5.96 Å². The molecule has 0 amide bonds. The van der Waals surface area contributed by atoms with Crippen LogP contribution in [-0.2, 0) is 0 Å². The fourth-order valence-corrected chi connectivity index (χ4v) is 3.49. The molecule has 28 heavy (non-hydrogen) atoms. The van der Waals surface area contributed by atoms with E-state index in [2.05, 4.69) is 10.3 Å². The van der Waals surface area contributed by atoms with E-state index >= 15 is 0 Å². The zero-order valence-electron chi connectivity index (χ0n) is 15.5. The number of hydrogen-bond acceptors (Lipinski definition) is 3. The van der Waals surface area contributed by atoms with Crippen LogP contribution in [0.1, 0.15) is 5.56 Å². The molecule has 0 heterocycles. The summed E-state index contributed by atoms with van der Waals surface area (Å²) in [6.07, 6.45) is 0. The first kappa shape index (κ1) is 19.9. The van der Waals surface area contributed by atoms with Gasteiger partial charge in [-0.15, -0.1) is 0 Å². The van der Waals surface area contributed by atoms with Crippen molar-refractivity contribution in [2.75, 3.05) is 18.2 Å². The van der Waals surface area contributed by atoms with Crippen molar-refractivity contribution in [3.8, 4) is 16.9 Å². The van der Waals surface area contributed by atoms with Gasteiger partial charge in [-0.25, -0.2) is 4.99 Å². The highest BCUT2D eigenvalue weighted by molar-refractivity contribution is 6.39. The van der Waals surface area contributed by atoms with Crippen molar-refractivity contribution in [3.63, 3.8) is 0 Å². The quantitative estimate of drug-likeness (QED) is 0.293. The molecule has 0 spiro atoms. The van der Waals surface area contributed by atoms with E-state index in [0.717, 1.165) is 28.1 Å². The Kier molecular flexibility index (Phi) is 5.97. The molecule has 0 unspecified atom stereocenters. The molecule has 0 radical (unpaired) electrons. The lowest BCUT2D eigenvalue weighted by Gasteiger charge is -2.13. The van der Waals surface area contributed by atoms with Crippen LogP contribution >= 0.6 is 23.2 Å². The monoisotopic (exact) mass is 414 g/mol. The fourth-order valence-electron chi connectivity index (χ4n) is 2.87. The summed E-state index contributed by atoms with van der Waals surface area (Å²) in [6, 6.07) is 16.5. The van der Waals surface area contributed by atoms with Gasteiger partial charge in [-0.05, 0) is 54.4 Å². The Bertz CT molecular complexity index is 1010. The zero-order valence-corrected chi connectivity index (χ0v) is 17.0. The maximum Gasteiger partial charge on any atom is 0.198 e. The second-order valence-electron chi connectivity index (χ2n) is 6.18. The number of aryl methyl sites for hydroxylation is 1. The SMILES string of the molecule is COc1cccc(NC(N)=Nc2c(C)cc(-c3c(Cl)cccc3Cl)cc2N)c1. The van der Waals surface area contributed by atoms with E-state index in [0.29, 0.717) is 21.4 Å². The average Bonchev–Trinajstić information content (AvgIpc) is 2.65. The predicted octanol–water partition coefficient (Wildman–Crippen LogP) is 5.62. The van der Waals surface area contributed by atoms with Crippen LogP contribution in [0.25, 0.3) is 11.1 Å². The molecule has 3 aromatic rings. The average molecular weight is 415 g/mol. The molecule has 5 N–H and O–H groups in total. The van der Waals surface area contributed by atoms with Crippen molar-refractivity contribution in [3.05, 3.63) is 70.2 Å². The normalized spacial score (nSPS) is 11.4. The van der Waals surface area contributed by atoms with Gasteiger partial charge in [-0.1, -0.05) is 35.3 Å². The van der Waals surface area contributed by atoms with Crippen LogP contribution in [-0.4, -0.2) is 13.1 Å². The van der Waals surface area contributed by atoms with Crippen LogP contribution in [0.5, 0.6) is 5.75 Å². The van der Waals surface area contributed by atoms with Crippen molar-refractivity contribution >= 4 is 46.2 Å². The third-order valence-electron chi connectivity index (χ3n) is 4.16. The summed E-state index contributed by atoms with van der Waals surface area (Å²) in [5, 5.41) is 4.15. The Morgan fingerprint density at radius 3 is 2.36 bits per heavy atom. The highest BCUT2D eigenvalue weighted by Gasteiger charge is 2.12. The van der Waals surface area contributed by atoms with Gasteiger partial charge >= 0.3 is 0 Å². The van der Waals surface area contributed by atoms with Crippen molar-refractivity contribution in [1.29, 1.82) is 0 Å². The molecule has 0 aliphatic rings. The van der Waals surface area contributed by atoms with Crippen LogP contribution < -0.4 is 21.5 Å². The van der Waals surface area contributed by atoms with Gasteiger partial charge in [0.15, 0.2) is 5.96 Å². The number of ether oxygens (including phenoxy) is 1. The number of guanidine groups is 1. The van der Waals surface area contributed by atoms with Crippen LogP contribution in [0.15, 0.2) is 59.6 Å². The number of nitrogens with zero attached hydrogens (tertiary/aromatic N) is 1. The van der Waals surface area contributed by atoms with Crippen molar-refractivity contribution in [1.82, 2.24) is 0 Å². The van der Waals surface area contributed by atoms with Gasteiger partial charge in [0.1, 0.15) is 5.75 Å². The predicted molar refractivity (Wildman–Crippen MR) is 119 cm³/mol. The van der Waals surface area contributed by atoms with E-state index in [1.54, 1.807) is 31.4 Å². The van der Waals surface area contributed by atoms with Crippen LogP contribution in [0.2, 0.25) is 10.0 Å². The van der Waals surface area contributed by atoms with Gasteiger partial charge in [0.2, 0.25) is 0 Å². The third kappa shape index (κ3) is 4.32. The lowest BCUT2D eigenvalue weighted by Crippen LogP contribution is -2.22. The van der Waals surface area contributed by atoms with Gasteiger partial charge < -0.3 is 21.5 Å². The minimum Gasteiger partial charge on any atom is -0.497 e. The summed E-state index contributed by atoms with van der Waals surface area (Å²) >= 11 is 12.6. The summed E-state index contributed by atoms with van der Waals surface area (Å²) in [4.78, 5) is 4.44. The second-order valence-corrected chi connectivity index (χ2v) is 7.00. The zero-order chi connectivity index (χ0) is 20.3. The third-order valence-corrected chi connectivity index (χ3v) is 4.79. The molecule has 0 saturated heterocycles. The molecule has 0 fully saturated rings. The number of aliphatic imine (C=N–C) groups is 1. The summed E-state index contributed by atoms with van der Waals surface area (Å²) in [5.74, 6) is 0.932. The molecule has 0 aliphatic heterocycles. The van der Waals surface area contributed by atoms with Crippen molar-refractivity contribution < 1.29 is 4.74 Å². The van der Waals surface area contributed by atoms with E-state index in [1.807, 2.05) is 37.3 Å². The summed E-state index contributed by atoms with van der Waals surface area (Å²) in [6.45, 7) is 1.91. The Labute approximate surface area is 173 Å². The first-order chi connectivity index (χ1) is 13.4. The molecular formula is C21H20Cl2N4O. The molecule has 0 aromatic heterocycles. The molecule has 3 aromatic carbocycles. The minimum absolute atomic E-state index is 0.214. The minimum atomic E-state index is 0.214. The molecule has 5 nitrogen and oxygen atoms in total. The second kappa shape index (κ2) is 8.42. The first-order valence-corrected chi connectivity index (χ1v) is 9.24. The molecule has 7 heteroatoms. The summed E-state index contributed by atoms with van der Waals surface area (Å²) in [7, 11) is 1.60. The van der Waals surface area contributed by atoms with Gasteiger partial charge in [0.25, 0.3) is 0 Å². The Hall–Kier alpha value is -2.89. The Balaban J connectivity index is 1.93. The number of methoxy groups -OCH3 is 1. The Morgan fingerprint density at radius 2 is 1.71 bits per heavy atom. The molecule has 3 rings (SSSR count). The van der Waals surface area contributed by atoms with E-state index in [1.165, 1.54) is 0 Å². The number of nitrogens with one attached hydrogen (secondary N) is 1. The summed E-state index contributed by atoms with van der Waals surface area (Å²) in [5.41, 5.74) is 16.5. The van der Waals surface area contributed by atoms with Crippen LogP contribution in [0, 0.1) is 6.92 Å².